The van der Waals surface area contributed by atoms with Crippen molar-refractivity contribution in [2.24, 2.45) is 0 Å². The molecule has 0 aliphatic heterocycles. The normalized spacial score (nSPS) is 10.9. The first-order valence-electron chi connectivity index (χ1n) is 7.17. The predicted molar refractivity (Wildman–Crippen MR) is 82.6 cm³/mol. The summed E-state index contributed by atoms with van der Waals surface area (Å²) in [6.07, 6.45) is 3.62. The van der Waals surface area contributed by atoms with Crippen molar-refractivity contribution in [1.82, 2.24) is 0 Å². The van der Waals surface area contributed by atoms with Crippen molar-refractivity contribution in [1.29, 1.82) is 0 Å². The van der Waals surface area contributed by atoms with E-state index in [0.29, 0.717) is 17.9 Å². The zero-order chi connectivity index (χ0) is 14.7. The molecule has 0 atom stereocenters. The first kappa shape index (κ1) is 13.6. The Morgan fingerprint density at radius 2 is 1.95 bits per heavy atom. The summed E-state index contributed by atoms with van der Waals surface area (Å²) in [5.74, 6) is 0.828. The smallest absolute Gasteiger partial charge is 0.141 e. The van der Waals surface area contributed by atoms with Crippen molar-refractivity contribution in [2.45, 2.75) is 26.4 Å². The third-order valence-corrected chi connectivity index (χ3v) is 3.47. The molecule has 3 aromatic rings. The molecule has 3 nitrogen and oxygen atoms in total. The number of aromatic hydroxyl groups is 1. The number of fused-ring (bicyclic) bond motifs is 1. The highest BCUT2D eigenvalue weighted by atomic mass is 16.5. The topological polar surface area (TPSA) is 42.6 Å². The molecule has 1 aromatic heterocycles. The van der Waals surface area contributed by atoms with Crippen LogP contribution in [0.25, 0.3) is 11.0 Å². The van der Waals surface area contributed by atoms with Crippen LogP contribution in [0.4, 0.5) is 0 Å². The first-order chi connectivity index (χ1) is 10.3. The van der Waals surface area contributed by atoms with Crippen molar-refractivity contribution in [3.63, 3.8) is 0 Å². The van der Waals surface area contributed by atoms with Gasteiger partial charge < -0.3 is 14.3 Å². The Morgan fingerprint density at radius 1 is 1.14 bits per heavy atom. The van der Waals surface area contributed by atoms with Crippen molar-refractivity contribution in [3.05, 3.63) is 59.9 Å². The fraction of sp³-hybridized carbons (Fsp3) is 0.222. The number of furan rings is 1. The molecule has 0 amide bonds. The Balaban J connectivity index is 1.84. The Kier molecular flexibility index (Phi) is 3.82. The molecule has 3 heteroatoms. The van der Waals surface area contributed by atoms with Gasteiger partial charge in [0, 0.05) is 17.7 Å². The molecule has 1 heterocycles. The maximum Gasteiger partial charge on any atom is 0.141 e. The molecular weight excluding hydrogens is 264 g/mol. The average molecular weight is 282 g/mol. The van der Waals surface area contributed by atoms with E-state index in [1.165, 1.54) is 0 Å². The van der Waals surface area contributed by atoms with Crippen LogP contribution in [0.3, 0.4) is 0 Å². The fourth-order valence-corrected chi connectivity index (χ4v) is 2.46. The third-order valence-electron chi connectivity index (χ3n) is 3.47. The van der Waals surface area contributed by atoms with Gasteiger partial charge in [0.25, 0.3) is 0 Å². The van der Waals surface area contributed by atoms with E-state index in [2.05, 4.69) is 6.92 Å². The van der Waals surface area contributed by atoms with E-state index < -0.39 is 0 Å². The minimum atomic E-state index is 0.216. The second-order valence-electron chi connectivity index (χ2n) is 5.10. The Hall–Kier alpha value is -2.42. The molecule has 0 aliphatic carbocycles. The maximum absolute atomic E-state index is 10.2. The second-order valence-corrected chi connectivity index (χ2v) is 5.10. The van der Waals surface area contributed by atoms with Gasteiger partial charge in [0.1, 0.15) is 23.7 Å². The van der Waals surface area contributed by atoms with Crippen LogP contribution in [0.2, 0.25) is 0 Å². The lowest BCUT2D eigenvalue weighted by Crippen LogP contribution is -1.94. The summed E-state index contributed by atoms with van der Waals surface area (Å²) in [5, 5.41) is 11.0. The van der Waals surface area contributed by atoms with Gasteiger partial charge in [-0.1, -0.05) is 43.7 Å². The summed E-state index contributed by atoms with van der Waals surface area (Å²) in [6.45, 7) is 2.57. The molecule has 0 bridgehead atoms. The molecule has 0 unspecified atom stereocenters. The molecule has 0 saturated heterocycles. The van der Waals surface area contributed by atoms with Gasteiger partial charge in [0.15, 0.2) is 0 Å². The summed E-state index contributed by atoms with van der Waals surface area (Å²) in [6, 6.07) is 13.4. The highest BCUT2D eigenvalue weighted by molar-refractivity contribution is 5.88. The van der Waals surface area contributed by atoms with Gasteiger partial charge in [0.2, 0.25) is 0 Å². The monoisotopic (exact) mass is 282 g/mol. The van der Waals surface area contributed by atoms with Gasteiger partial charge in [0.05, 0.1) is 11.6 Å². The zero-order valence-corrected chi connectivity index (χ0v) is 12.0. The van der Waals surface area contributed by atoms with E-state index in [-0.39, 0.29) is 5.75 Å². The van der Waals surface area contributed by atoms with Crippen LogP contribution in [0, 0.1) is 0 Å². The lowest BCUT2D eigenvalue weighted by atomic mass is 10.1. The Bertz CT molecular complexity index is 729. The lowest BCUT2D eigenvalue weighted by molar-refractivity contribution is 0.304. The van der Waals surface area contributed by atoms with E-state index in [1.54, 1.807) is 12.3 Å². The number of phenols is 1. The van der Waals surface area contributed by atoms with Crippen LogP contribution in [-0.2, 0) is 13.0 Å². The molecule has 0 radical (unpaired) electrons. The first-order valence-corrected chi connectivity index (χ1v) is 7.17. The number of benzene rings is 2. The summed E-state index contributed by atoms with van der Waals surface area (Å²) >= 11 is 0. The molecule has 3 rings (SSSR count). The van der Waals surface area contributed by atoms with Gasteiger partial charge in [-0.25, -0.2) is 0 Å². The maximum atomic E-state index is 10.2. The summed E-state index contributed by atoms with van der Waals surface area (Å²) < 4.78 is 11.3. The van der Waals surface area contributed by atoms with Crippen LogP contribution in [0.15, 0.2) is 53.1 Å². The minimum absolute atomic E-state index is 0.216. The van der Waals surface area contributed by atoms with Crippen LogP contribution >= 0.6 is 0 Å². The SMILES string of the molecule is CCCc1coc2cc(OCc3ccccc3)cc(O)c12. The standard InChI is InChI=1S/C18H18O3/c1-2-6-14-12-21-17-10-15(9-16(19)18(14)17)20-11-13-7-4-3-5-8-13/h3-5,7-10,12,19H,2,6,11H2,1H3. The van der Waals surface area contributed by atoms with Crippen LogP contribution in [0.1, 0.15) is 24.5 Å². The van der Waals surface area contributed by atoms with E-state index in [9.17, 15) is 5.11 Å². The summed E-state index contributed by atoms with van der Waals surface area (Å²) in [4.78, 5) is 0. The lowest BCUT2D eigenvalue weighted by Gasteiger charge is -2.07. The number of aryl methyl sites for hydroxylation is 1. The van der Waals surface area contributed by atoms with Crippen LogP contribution < -0.4 is 4.74 Å². The summed E-state index contributed by atoms with van der Waals surface area (Å²) in [5.41, 5.74) is 2.80. The van der Waals surface area contributed by atoms with Gasteiger partial charge >= 0.3 is 0 Å². The van der Waals surface area contributed by atoms with Gasteiger partial charge in [-0.3, -0.25) is 0 Å². The number of hydrogen-bond acceptors (Lipinski definition) is 3. The molecule has 21 heavy (non-hydrogen) atoms. The van der Waals surface area contributed by atoms with Crippen LogP contribution in [0.5, 0.6) is 11.5 Å². The van der Waals surface area contributed by atoms with E-state index in [1.807, 2.05) is 36.4 Å². The van der Waals surface area contributed by atoms with Gasteiger partial charge in [-0.05, 0) is 12.0 Å². The molecule has 0 saturated carbocycles. The number of hydrogen-bond donors (Lipinski definition) is 1. The highest BCUT2D eigenvalue weighted by Gasteiger charge is 2.12. The molecule has 2 aromatic carbocycles. The van der Waals surface area contributed by atoms with E-state index >= 15 is 0 Å². The second kappa shape index (κ2) is 5.92. The third kappa shape index (κ3) is 2.87. The fourth-order valence-electron chi connectivity index (χ4n) is 2.46. The molecule has 1 N–H and O–H groups in total. The number of rotatable bonds is 5. The Labute approximate surface area is 123 Å². The predicted octanol–water partition coefficient (Wildman–Crippen LogP) is 4.67. The zero-order valence-electron chi connectivity index (χ0n) is 12.0. The molecule has 108 valence electrons. The van der Waals surface area contributed by atoms with Gasteiger partial charge in [-0.15, -0.1) is 0 Å². The van der Waals surface area contributed by atoms with Crippen molar-refractivity contribution in [2.75, 3.05) is 0 Å². The quantitative estimate of drug-likeness (QED) is 0.739. The van der Waals surface area contributed by atoms with Crippen LogP contribution in [-0.4, -0.2) is 5.11 Å². The average Bonchev–Trinajstić information content (AvgIpc) is 2.90. The molecule has 0 aliphatic rings. The van der Waals surface area contributed by atoms with Crippen molar-refractivity contribution >= 4 is 11.0 Å². The van der Waals surface area contributed by atoms with E-state index in [4.69, 9.17) is 9.15 Å². The van der Waals surface area contributed by atoms with Crippen molar-refractivity contribution in [3.8, 4) is 11.5 Å². The molecular formula is C18H18O3. The van der Waals surface area contributed by atoms with E-state index in [0.717, 1.165) is 29.4 Å². The summed E-state index contributed by atoms with van der Waals surface area (Å²) in [7, 11) is 0. The number of ether oxygens (including phenoxy) is 1. The van der Waals surface area contributed by atoms with Gasteiger partial charge in [-0.2, -0.15) is 0 Å². The number of phenolic OH excluding ortho intramolecular Hbond substituents is 1. The highest BCUT2D eigenvalue weighted by Crippen LogP contribution is 2.35. The van der Waals surface area contributed by atoms with Crippen molar-refractivity contribution < 1.29 is 14.3 Å². The minimum Gasteiger partial charge on any atom is -0.507 e. The molecule has 0 fully saturated rings. The molecule has 0 spiro atoms. The largest absolute Gasteiger partial charge is 0.507 e. The Morgan fingerprint density at radius 3 is 2.71 bits per heavy atom.